The van der Waals surface area contributed by atoms with E-state index in [0.717, 1.165) is 24.0 Å². The molecule has 0 fully saturated rings. The average molecular weight is 284 g/mol. The van der Waals surface area contributed by atoms with Crippen molar-refractivity contribution < 1.29 is 0 Å². The lowest BCUT2D eigenvalue weighted by atomic mass is 9.96. The maximum Gasteiger partial charge on any atom is 0.138 e. The Morgan fingerprint density at radius 2 is 1.71 bits per heavy atom. The number of anilines is 2. The highest BCUT2D eigenvalue weighted by Crippen LogP contribution is 2.22. The Hall–Kier alpha value is -2.10. The number of nitrogens with zero attached hydrogens (tertiary/aromatic N) is 2. The standard InChI is InChI=1S/C17H24N4/c1-12-8-6-7-9-13(12)11-19-15-10-14(18-5)20-16(21-15)17(2,3)4/h6-10H,11H2,1-5H3,(H2,18,19,20,21). The van der Waals surface area contributed by atoms with Gasteiger partial charge in [-0.05, 0) is 18.1 Å². The highest BCUT2D eigenvalue weighted by molar-refractivity contribution is 5.48. The molecule has 4 heteroatoms. The molecular weight excluding hydrogens is 260 g/mol. The number of aromatic nitrogens is 2. The average Bonchev–Trinajstić information content (AvgIpc) is 2.45. The van der Waals surface area contributed by atoms with Gasteiger partial charge in [0.2, 0.25) is 0 Å². The topological polar surface area (TPSA) is 49.8 Å². The van der Waals surface area contributed by atoms with Gasteiger partial charge >= 0.3 is 0 Å². The van der Waals surface area contributed by atoms with Crippen LogP contribution in [0.1, 0.15) is 37.7 Å². The molecule has 0 radical (unpaired) electrons. The first-order chi connectivity index (χ1) is 9.90. The summed E-state index contributed by atoms with van der Waals surface area (Å²) >= 11 is 0. The summed E-state index contributed by atoms with van der Waals surface area (Å²) in [5.74, 6) is 2.52. The predicted octanol–water partition coefficient (Wildman–Crippen LogP) is 3.74. The van der Waals surface area contributed by atoms with Gasteiger partial charge in [-0.2, -0.15) is 0 Å². The van der Waals surface area contributed by atoms with Gasteiger partial charge in [0.25, 0.3) is 0 Å². The number of aryl methyl sites for hydroxylation is 1. The lowest BCUT2D eigenvalue weighted by Gasteiger charge is -2.19. The first-order valence-electron chi connectivity index (χ1n) is 7.26. The molecule has 0 atom stereocenters. The Labute approximate surface area is 127 Å². The number of nitrogens with one attached hydrogen (secondary N) is 2. The van der Waals surface area contributed by atoms with Crippen LogP contribution in [-0.4, -0.2) is 17.0 Å². The zero-order chi connectivity index (χ0) is 15.5. The Balaban J connectivity index is 2.22. The van der Waals surface area contributed by atoms with Crippen molar-refractivity contribution in [3.05, 3.63) is 47.3 Å². The molecule has 0 aliphatic carbocycles. The summed E-state index contributed by atoms with van der Waals surface area (Å²) < 4.78 is 0. The van der Waals surface area contributed by atoms with E-state index in [1.807, 2.05) is 13.1 Å². The van der Waals surface area contributed by atoms with Crippen molar-refractivity contribution >= 4 is 11.6 Å². The van der Waals surface area contributed by atoms with Crippen molar-refractivity contribution in [2.45, 2.75) is 39.7 Å². The molecule has 2 N–H and O–H groups in total. The summed E-state index contributed by atoms with van der Waals surface area (Å²) in [4.78, 5) is 9.17. The van der Waals surface area contributed by atoms with Crippen LogP contribution in [0.2, 0.25) is 0 Å². The highest BCUT2D eigenvalue weighted by Gasteiger charge is 2.18. The highest BCUT2D eigenvalue weighted by atomic mass is 15.1. The van der Waals surface area contributed by atoms with Gasteiger partial charge in [-0.3, -0.25) is 0 Å². The summed E-state index contributed by atoms with van der Waals surface area (Å²) in [6.07, 6.45) is 0. The number of benzene rings is 1. The van der Waals surface area contributed by atoms with Gasteiger partial charge in [-0.1, -0.05) is 45.0 Å². The van der Waals surface area contributed by atoms with E-state index in [9.17, 15) is 0 Å². The smallest absolute Gasteiger partial charge is 0.138 e. The number of rotatable bonds is 4. The van der Waals surface area contributed by atoms with Gasteiger partial charge in [0.1, 0.15) is 17.5 Å². The van der Waals surface area contributed by atoms with Crippen LogP contribution in [0.5, 0.6) is 0 Å². The van der Waals surface area contributed by atoms with Crippen LogP contribution in [0.25, 0.3) is 0 Å². The summed E-state index contributed by atoms with van der Waals surface area (Å²) in [6.45, 7) is 9.24. The lowest BCUT2D eigenvalue weighted by Crippen LogP contribution is -2.18. The van der Waals surface area contributed by atoms with Gasteiger partial charge in [0.15, 0.2) is 0 Å². The van der Waals surface area contributed by atoms with Crippen LogP contribution < -0.4 is 10.6 Å². The molecule has 2 rings (SSSR count). The molecule has 112 valence electrons. The molecular formula is C17H24N4. The fourth-order valence-corrected chi connectivity index (χ4v) is 2.00. The van der Waals surface area contributed by atoms with Gasteiger partial charge in [-0.15, -0.1) is 0 Å². The van der Waals surface area contributed by atoms with Crippen LogP contribution in [0, 0.1) is 6.92 Å². The molecule has 0 aliphatic heterocycles. The van der Waals surface area contributed by atoms with Crippen LogP contribution in [0.15, 0.2) is 30.3 Å². The zero-order valence-electron chi connectivity index (χ0n) is 13.5. The Morgan fingerprint density at radius 3 is 2.33 bits per heavy atom. The fourth-order valence-electron chi connectivity index (χ4n) is 2.00. The monoisotopic (exact) mass is 284 g/mol. The maximum atomic E-state index is 4.64. The Kier molecular flexibility index (Phi) is 4.46. The van der Waals surface area contributed by atoms with Crippen molar-refractivity contribution in [3.63, 3.8) is 0 Å². The Bertz CT molecular complexity index is 614. The lowest BCUT2D eigenvalue weighted by molar-refractivity contribution is 0.546. The second kappa shape index (κ2) is 6.12. The minimum atomic E-state index is -0.0774. The molecule has 0 unspecified atom stereocenters. The minimum Gasteiger partial charge on any atom is -0.373 e. The molecule has 0 saturated carbocycles. The van der Waals surface area contributed by atoms with E-state index in [2.05, 4.69) is 72.6 Å². The van der Waals surface area contributed by atoms with Crippen LogP contribution in [-0.2, 0) is 12.0 Å². The molecule has 1 heterocycles. The van der Waals surface area contributed by atoms with E-state index in [1.54, 1.807) is 0 Å². The molecule has 1 aromatic carbocycles. The number of hydrogen-bond donors (Lipinski definition) is 2. The maximum absolute atomic E-state index is 4.64. The van der Waals surface area contributed by atoms with E-state index in [0.29, 0.717) is 0 Å². The van der Waals surface area contributed by atoms with Gasteiger partial charge in [0, 0.05) is 25.1 Å². The molecule has 1 aromatic heterocycles. The summed E-state index contributed by atoms with van der Waals surface area (Å²) in [7, 11) is 1.87. The van der Waals surface area contributed by atoms with Crippen molar-refractivity contribution in [2.75, 3.05) is 17.7 Å². The van der Waals surface area contributed by atoms with E-state index in [1.165, 1.54) is 11.1 Å². The molecule has 0 aliphatic rings. The van der Waals surface area contributed by atoms with E-state index in [-0.39, 0.29) is 5.41 Å². The van der Waals surface area contributed by atoms with E-state index >= 15 is 0 Å². The molecule has 0 spiro atoms. The first kappa shape index (κ1) is 15.3. The van der Waals surface area contributed by atoms with Crippen LogP contribution >= 0.6 is 0 Å². The second-order valence-electron chi connectivity index (χ2n) is 6.24. The van der Waals surface area contributed by atoms with E-state index in [4.69, 9.17) is 0 Å². The van der Waals surface area contributed by atoms with E-state index < -0.39 is 0 Å². The molecule has 0 saturated heterocycles. The van der Waals surface area contributed by atoms with Gasteiger partial charge in [0.05, 0.1) is 0 Å². The summed E-state index contributed by atoms with van der Waals surface area (Å²) in [5, 5.41) is 6.50. The van der Waals surface area contributed by atoms with Crippen molar-refractivity contribution in [3.8, 4) is 0 Å². The predicted molar refractivity (Wildman–Crippen MR) is 88.8 cm³/mol. The molecule has 0 bridgehead atoms. The van der Waals surface area contributed by atoms with Gasteiger partial charge < -0.3 is 10.6 Å². The third kappa shape index (κ3) is 3.94. The summed E-state index contributed by atoms with van der Waals surface area (Å²) in [5.41, 5.74) is 2.48. The minimum absolute atomic E-state index is 0.0774. The van der Waals surface area contributed by atoms with Crippen LogP contribution in [0.4, 0.5) is 11.6 Å². The van der Waals surface area contributed by atoms with Crippen molar-refractivity contribution in [1.29, 1.82) is 0 Å². The Morgan fingerprint density at radius 1 is 1.05 bits per heavy atom. The second-order valence-corrected chi connectivity index (χ2v) is 6.24. The third-order valence-corrected chi connectivity index (χ3v) is 3.37. The molecule has 4 nitrogen and oxygen atoms in total. The fraction of sp³-hybridized carbons (Fsp3) is 0.412. The van der Waals surface area contributed by atoms with Gasteiger partial charge in [-0.25, -0.2) is 9.97 Å². The zero-order valence-corrected chi connectivity index (χ0v) is 13.5. The molecule has 0 amide bonds. The van der Waals surface area contributed by atoms with Crippen molar-refractivity contribution in [1.82, 2.24) is 9.97 Å². The largest absolute Gasteiger partial charge is 0.373 e. The normalized spacial score (nSPS) is 11.3. The van der Waals surface area contributed by atoms with Crippen LogP contribution in [0.3, 0.4) is 0 Å². The molecule has 2 aromatic rings. The third-order valence-electron chi connectivity index (χ3n) is 3.37. The first-order valence-corrected chi connectivity index (χ1v) is 7.26. The van der Waals surface area contributed by atoms with Crippen molar-refractivity contribution in [2.24, 2.45) is 0 Å². The summed E-state index contributed by atoms with van der Waals surface area (Å²) in [6, 6.07) is 10.3. The number of hydrogen-bond acceptors (Lipinski definition) is 4. The SMILES string of the molecule is CNc1cc(NCc2ccccc2C)nc(C(C)(C)C)n1. The quantitative estimate of drug-likeness (QED) is 0.898. The molecule has 21 heavy (non-hydrogen) atoms.